The zero-order chi connectivity index (χ0) is 10.3. The molecule has 1 aromatic heterocycles. The van der Waals surface area contributed by atoms with Crippen LogP contribution >= 0.6 is 12.4 Å². The van der Waals surface area contributed by atoms with Gasteiger partial charge in [-0.3, -0.25) is 9.89 Å². The third-order valence-electron chi connectivity index (χ3n) is 3.55. The summed E-state index contributed by atoms with van der Waals surface area (Å²) in [5, 5.41) is 12.7. The Hall–Kier alpha value is -1.07. The molecule has 1 aliphatic carbocycles. The molecule has 1 amide bonds. The monoisotopic (exact) mass is 242 g/mol. The number of amides is 1. The standard InChI is InChI=1S/C10H14N4O.ClH/c15-9(14-7-4-12-13-5-7)8-3-10(8)1-2-11-6-10;/h4-5,8,11H,1-3,6H2,(H,12,13)(H,14,15);1H. The van der Waals surface area contributed by atoms with Gasteiger partial charge in [-0.15, -0.1) is 12.4 Å². The number of carbonyl (C=O) groups excluding carboxylic acids is 1. The maximum atomic E-state index is 11.9. The Bertz CT molecular complexity index is 372. The van der Waals surface area contributed by atoms with E-state index in [1.807, 2.05) is 0 Å². The van der Waals surface area contributed by atoms with Crippen molar-refractivity contribution in [2.45, 2.75) is 12.8 Å². The predicted octanol–water partition coefficient (Wildman–Crippen LogP) is 0.770. The highest BCUT2D eigenvalue weighted by atomic mass is 35.5. The lowest BCUT2D eigenvalue weighted by atomic mass is 10.0. The van der Waals surface area contributed by atoms with Crippen LogP contribution in [0, 0.1) is 11.3 Å². The Morgan fingerprint density at radius 3 is 3.12 bits per heavy atom. The number of nitrogens with one attached hydrogen (secondary N) is 3. The van der Waals surface area contributed by atoms with E-state index in [2.05, 4.69) is 20.8 Å². The van der Waals surface area contributed by atoms with Crippen molar-refractivity contribution in [3.8, 4) is 0 Å². The number of aromatic amines is 1. The molecule has 1 aliphatic heterocycles. The van der Waals surface area contributed by atoms with Gasteiger partial charge in [0, 0.05) is 18.7 Å². The highest BCUT2D eigenvalue weighted by molar-refractivity contribution is 5.94. The molecule has 88 valence electrons. The zero-order valence-corrected chi connectivity index (χ0v) is 9.64. The summed E-state index contributed by atoms with van der Waals surface area (Å²) in [5.74, 6) is 0.336. The second-order valence-electron chi connectivity index (χ2n) is 4.52. The number of carbonyl (C=O) groups is 1. The van der Waals surface area contributed by atoms with Crippen LogP contribution < -0.4 is 10.6 Å². The molecule has 2 heterocycles. The topological polar surface area (TPSA) is 69.8 Å². The van der Waals surface area contributed by atoms with Crippen molar-refractivity contribution in [2.24, 2.45) is 11.3 Å². The summed E-state index contributed by atoms with van der Waals surface area (Å²) in [6.45, 7) is 2.05. The maximum Gasteiger partial charge on any atom is 0.228 e. The fourth-order valence-corrected chi connectivity index (χ4v) is 2.50. The first-order chi connectivity index (χ1) is 7.30. The first-order valence-electron chi connectivity index (χ1n) is 5.31. The molecule has 2 fully saturated rings. The fourth-order valence-electron chi connectivity index (χ4n) is 2.50. The van der Waals surface area contributed by atoms with Gasteiger partial charge in [-0.1, -0.05) is 0 Å². The van der Waals surface area contributed by atoms with Crippen molar-refractivity contribution in [1.82, 2.24) is 15.5 Å². The number of halogens is 1. The molecule has 1 aromatic rings. The molecule has 0 radical (unpaired) electrons. The maximum absolute atomic E-state index is 11.9. The summed E-state index contributed by atoms with van der Waals surface area (Å²) >= 11 is 0. The van der Waals surface area contributed by atoms with Gasteiger partial charge in [0.15, 0.2) is 0 Å². The SMILES string of the molecule is Cl.O=C(Nc1cn[nH]c1)C1CC12CCNC2. The van der Waals surface area contributed by atoms with E-state index in [1.165, 1.54) is 0 Å². The van der Waals surface area contributed by atoms with E-state index in [0.29, 0.717) is 0 Å². The molecule has 2 aliphatic rings. The Balaban J connectivity index is 0.000000963. The summed E-state index contributed by atoms with van der Waals surface area (Å²) in [4.78, 5) is 11.9. The van der Waals surface area contributed by atoms with Gasteiger partial charge in [0.1, 0.15) is 0 Å². The molecule has 0 bridgehead atoms. The van der Waals surface area contributed by atoms with Gasteiger partial charge in [0.25, 0.3) is 0 Å². The molecular formula is C10H15ClN4O. The highest BCUT2D eigenvalue weighted by Gasteiger charge is 2.58. The molecule has 0 aromatic carbocycles. The number of hydrogen-bond donors (Lipinski definition) is 3. The Morgan fingerprint density at radius 1 is 1.62 bits per heavy atom. The van der Waals surface area contributed by atoms with E-state index in [9.17, 15) is 4.79 Å². The molecule has 5 nitrogen and oxygen atoms in total. The number of nitrogens with zero attached hydrogens (tertiary/aromatic N) is 1. The predicted molar refractivity (Wildman–Crippen MR) is 62.5 cm³/mol. The quantitative estimate of drug-likeness (QED) is 0.718. The molecule has 2 unspecified atom stereocenters. The minimum atomic E-state index is 0. The lowest BCUT2D eigenvalue weighted by molar-refractivity contribution is -0.118. The van der Waals surface area contributed by atoms with E-state index in [0.717, 1.165) is 31.6 Å². The van der Waals surface area contributed by atoms with Crippen LogP contribution in [0.25, 0.3) is 0 Å². The third kappa shape index (κ3) is 1.81. The van der Waals surface area contributed by atoms with Crippen LogP contribution in [0.2, 0.25) is 0 Å². The lowest BCUT2D eigenvalue weighted by Gasteiger charge is -2.06. The average molecular weight is 243 g/mol. The second-order valence-corrected chi connectivity index (χ2v) is 4.52. The van der Waals surface area contributed by atoms with Crippen LogP contribution in [0.4, 0.5) is 5.69 Å². The van der Waals surface area contributed by atoms with Crippen LogP contribution in [-0.2, 0) is 4.79 Å². The van der Waals surface area contributed by atoms with Crippen molar-refractivity contribution >= 4 is 24.0 Å². The summed E-state index contributed by atoms with van der Waals surface area (Å²) < 4.78 is 0. The van der Waals surface area contributed by atoms with E-state index in [4.69, 9.17) is 0 Å². The van der Waals surface area contributed by atoms with Gasteiger partial charge in [0.05, 0.1) is 11.9 Å². The second kappa shape index (κ2) is 4.07. The number of rotatable bonds is 2. The van der Waals surface area contributed by atoms with Crippen LogP contribution in [0.3, 0.4) is 0 Å². The average Bonchev–Trinajstić information content (AvgIpc) is 2.63. The van der Waals surface area contributed by atoms with Crippen LogP contribution in [0.15, 0.2) is 12.4 Å². The van der Waals surface area contributed by atoms with Gasteiger partial charge in [0.2, 0.25) is 5.91 Å². The van der Waals surface area contributed by atoms with Gasteiger partial charge < -0.3 is 10.6 Å². The zero-order valence-electron chi connectivity index (χ0n) is 8.82. The Kier molecular flexibility index (Phi) is 2.90. The molecule has 1 saturated carbocycles. The number of aromatic nitrogens is 2. The Morgan fingerprint density at radius 2 is 2.50 bits per heavy atom. The number of H-pyrrole nitrogens is 1. The van der Waals surface area contributed by atoms with Crippen molar-refractivity contribution in [2.75, 3.05) is 18.4 Å². The van der Waals surface area contributed by atoms with E-state index >= 15 is 0 Å². The molecule has 1 saturated heterocycles. The lowest BCUT2D eigenvalue weighted by Crippen LogP contribution is -2.20. The normalized spacial score (nSPS) is 31.1. The van der Waals surface area contributed by atoms with E-state index in [1.54, 1.807) is 12.4 Å². The summed E-state index contributed by atoms with van der Waals surface area (Å²) in [7, 11) is 0. The van der Waals surface area contributed by atoms with Gasteiger partial charge >= 0.3 is 0 Å². The van der Waals surface area contributed by atoms with Crippen molar-refractivity contribution in [3.63, 3.8) is 0 Å². The Labute approximate surface area is 99.8 Å². The summed E-state index contributed by atoms with van der Waals surface area (Å²) in [6, 6.07) is 0. The van der Waals surface area contributed by atoms with Gasteiger partial charge in [-0.25, -0.2) is 0 Å². The molecule has 1 spiro atoms. The first kappa shape index (κ1) is 11.4. The van der Waals surface area contributed by atoms with Crippen molar-refractivity contribution < 1.29 is 4.79 Å². The minimum absolute atomic E-state index is 0. The molecule has 16 heavy (non-hydrogen) atoms. The largest absolute Gasteiger partial charge is 0.323 e. The number of hydrogen-bond acceptors (Lipinski definition) is 3. The molecule has 6 heteroatoms. The van der Waals surface area contributed by atoms with Crippen LogP contribution in [0.1, 0.15) is 12.8 Å². The first-order valence-corrected chi connectivity index (χ1v) is 5.31. The third-order valence-corrected chi connectivity index (χ3v) is 3.55. The molecule has 3 N–H and O–H groups in total. The fraction of sp³-hybridized carbons (Fsp3) is 0.600. The van der Waals surface area contributed by atoms with Crippen molar-refractivity contribution in [3.05, 3.63) is 12.4 Å². The molecular weight excluding hydrogens is 228 g/mol. The minimum Gasteiger partial charge on any atom is -0.323 e. The summed E-state index contributed by atoms with van der Waals surface area (Å²) in [6.07, 6.45) is 5.49. The van der Waals surface area contributed by atoms with E-state index < -0.39 is 0 Å². The molecule has 2 atom stereocenters. The number of anilines is 1. The van der Waals surface area contributed by atoms with E-state index in [-0.39, 0.29) is 29.6 Å². The van der Waals surface area contributed by atoms with Crippen molar-refractivity contribution in [1.29, 1.82) is 0 Å². The van der Waals surface area contributed by atoms with Crippen LogP contribution in [-0.4, -0.2) is 29.2 Å². The summed E-state index contributed by atoms with van der Waals surface area (Å²) in [5.41, 5.74) is 1.03. The molecule has 3 rings (SSSR count). The van der Waals surface area contributed by atoms with Crippen LogP contribution in [0.5, 0.6) is 0 Å². The van der Waals surface area contributed by atoms with Gasteiger partial charge in [-0.2, -0.15) is 5.10 Å². The highest BCUT2D eigenvalue weighted by Crippen LogP contribution is 2.56. The smallest absolute Gasteiger partial charge is 0.228 e. The van der Waals surface area contributed by atoms with Gasteiger partial charge in [-0.05, 0) is 24.8 Å².